The normalized spacial score (nSPS) is 13.7. The molecule has 98 valence electrons. The van der Waals surface area contributed by atoms with Crippen molar-refractivity contribution in [1.29, 1.82) is 0 Å². The molecule has 0 aliphatic rings. The topological polar surface area (TPSA) is 86.6 Å². The number of hydrogen-bond acceptors (Lipinski definition) is 3. The molecule has 5 heteroatoms. The number of benzene rings is 1. The van der Waals surface area contributed by atoms with Crippen molar-refractivity contribution >= 4 is 11.9 Å². The van der Waals surface area contributed by atoms with Gasteiger partial charge in [-0.05, 0) is 25.3 Å². The van der Waals surface area contributed by atoms with E-state index in [1.807, 2.05) is 30.3 Å². The number of hydrogen-bond donors (Lipinski definition) is 3. The molecule has 0 radical (unpaired) electrons. The third kappa shape index (κ3) is 4.55. The summed E-state index contributed by atoms with van der Waals surface area (Å²) in [6.07, 6.45) is -0.362. The summed E-state index contributed by atoms with van der Waals surface area (Å²) in [6, 6.07) is 8.45. The molecule has 0 aromatic heterocycles. The predicted molar refractivity (Wildman–Crippen MR) is 66.0 cm³/mol. The number of amides is 1. The Kier molecular flexibility index (Phi) is 5.32. The van der Waals surface area contributed by atoms with Crippen molar-refractivity contribution in [2.75, 3.05) is 0 Å². The van der Waals surface area contributed by atoms with Crippen molar-refractivity contribution in [1.82, 2.24) is 5.32 Å². The van der Waals surface area contributed by atoms with Gasteiger partial charge in [0.25, 0.3) is 0 Å². The first-order valence-electron chi connectivity index (χ1n) is 5.76. The number of carbonyl (C=O) groups is 2. The number of carbonyl (C=O) groups excluding carboxylic acids is 1. The van der Waals surface area contributed by atoms with Crippen LogP contribution in [0.5, 0.6) is 0 Å². The van der Waals surface area contributed by atoms with Crippen LogP contribution in [-0.2, 0) is 16.0 Å². The summed E-state index contributed by atoms with van der Waals surface area (Å²) in [5.41, 5.74) is 1.01. The highest BCUT2D eigenvalue weighted by Gasteiger charge is 2.21. The minimum absolute atomic E-state index is 0.289. The average molecular weight is 251 g/mol. The van der Waals surface area contributed by atoms with Crippen LogP contribution in [0.1, 0.15) is 18.9 Å². The smallest absolute Gasteiger partial charge is 0.326 e. The summed E-state index contributed by atoms with van der Waals surface area (Å²) in [6.45, 7) is 1.30. The molecule has 0 spiro atoms. The Balaban J connectivity index is 2.54. The first kappa shape index (κ1) is 14.2. The predicted octanol–water partition coefficient (Wildman–Crippen LogP) is 0.569. The van der Waals surface area contributed by atoms with E-state index < -0.39 is 24.0 Å². The lowest BCUT2D eigenvalue weighted by atomic mass is 10.1. The summed E-state index contributed by atoms with van der Waals surface area (Å²) >= 11 is 0. The SMILES string of the molecule is C[C@H](O)C(=O)NC(CCc1ccccc1)C(=O)O. The minimum atomic E-state index is -1.21. The maximum absolute atomic E-state index is 11.2. The zero-order chi connectivity index (χ0) is 13.5. The fourth-order valence-corrected chi connectivity index (χ4v) is 1.51. The van der Waals surface area contributed by atoms with Gasteiger partial charge in [0, 0.05) is 0 Å². The van der Waals surface area contributed by atoms with E-state index in [1.165, 1.54) is 6.92 Å². The number of carboxylic acid groups (broad SMARTS) is 1. The van der Waals surface area contributed by atoms with E-state index >= 15 is 0 Å². The highest BCUT2D eigenvalue weighted by Crippen LogP contribution is 2.05. The molecule has 1 rings (SSSR count). The quantitative estimate of drug-likeness (QED) is 0.690. The molecule has 0 heterocycles. The average Bonchev–Trinajstić information content (AvgIpc) is 2.34. The molecule has 0 aliphatic carbocycles. The second-order valence-electron chi connectivity index (χ2n) is 4.10. The Hall–Kier alpha value is -1.88. The standard InChI is InChI=1S/C13H17NO4/c1-9(15)12(16)14-11(13(17)18)8-7-10-5-3-2-4-6-10/h2-6,9,11,15H,7-8H2,1H3,(H,14,16)(H,17,18)/t9-,11?/m0/s1. The van der Waals surface area contributed by atoms with Crippen LogP contribution in [-0.4, -0.2) is 34.2 Å². The number of aliphatic hydroxyl groups is 1. The third-order valence-electron chi connectivity index (χ3n) is 2.56. The largest absolute Gasteiger partial charge is 0.480 e. The molecule has 1 aromatic carbocycles. The fourth-order valence-electron chi connectivity index (χ4n) is 1.51. The van der Waals surface area contributed by atoms with Gasteiger partial charge in [-0.3, -0.25) is 4.79 Å². The van der Waals surface area contributed by atoms with Crippen LogP contribution in [0.25, 0.3) is 0 Å². The molecule has 5 nitrogen and oxygen atoms in total. The van der Waals surface area contributed by atoms with Gasteiger partial charge < -0.3 is 15.5 Å². The molecule has 1 amide bonds. The summed E-state index contributed by atoms with van der Waals surface area (Å²) < 4.78 is 0. The maximum Gasteiger partial charge on any atom is 0.326 e. The Morgan fingerprint density at radius 2 is 1.89 bits per heavy atom. The highest BCUT2D eigenvalue weighted by molar-refractivity contribution is 5.85. The molecule has 1 unspecified atom stereocenters. The molecular weight excluding hydrogens is 234 g/mol. The first-order chi connectivity index (χ1) is 8.50. The number of rotatable bonds is 6. The van der Waals surface area contributed by atoms with E-state index in [0.29, 0.717) is 6.42 Å². The molecule has 0 aliphatic heterocycles. The first-order valence-corrected chi connectivity index (χ1v) is 5.76. The second-order valence-corrected chi connectivity index (χ2v) is 4.10. The van der Waals surface area contributed by atoms with E-state index in [0.717, 1.165) is 5.56 Å². The van der Waals surface area contributed by atoms with Crippen LogP contribution in [0, 0.1) is 0 Å². The van der Waals surface area contributed by atoms with E-state index in [-0.39, 0.29) is 6.42 Å². The van der Waals surface area contributed by atoms with E-state index in [9.17, 15) is 9.59 Å². The molecule has 18 heavy (non-hydrogen) atoms. The van der Waals surface area contributed by atoms with Gasteiger partial charge in [-0.15, -0.1) is 0 Å². The van der Waals surface area contributed by atoms with Gasteiger partial charge in [0.15, 0.2) is 0 Å². The van der Waals surface area contributed by atoms with Gasteiger partial charge in [0.05, 0.1) is 0 Å². The van der Waals surface area contributed by atoms with E-state index in [2.05, 4.69) is 5.32 Å². The maximum atomic E-state index is 11.2. The van der Waals surface area contributed by atoms with Crippen molar-refractivity contribution < 1.29 is 19.8 Å². The van der Waals surface area contributed by atoms with E-state index in [1.54, 1.807) is 0 Å². The molecule has 3 N–H and O–H groups in total. The van der Waals surface area contributed by atoms with Crippen LogP contribution >= 0.6 is 0 Å². The number of aliphatic carboxylic acids is 1. The lowest BCUT2D eigenvalue weighted by molar-refractivity contribution is -0.143. The van der Waals surface area contributed by atoms with Gasteiger partial charge >= 0.3 is 5.97 Å². The number of aliphatic hydroxyl groups excluding tert-OH is 1. The molecule has 0 saturated heterocycles. The number of aryl methyl sites for hydroxylation is 1. The van der Waals surface area contributed by atoms with E-state index in [4.69, 9.17) is 10.2 Å². The highest BCUT2D eigenvalue weighted by atomic mass is 16.4. The summed E-state index contributed by atoms with van der Waals surface area (Å²) in [5.74, 6) is -1.77. The lowest BCUT2D eigenvalue weighted by Gasteiger charge is -2.15. The van der Waals surface area contributed by atoms with Gasteiger partial charge in [-0.25, -0.2) is 4.79 Å². The third-order valence-corrected chi connectivity index (χ3v) is 2.56. The molecule has 2 atom stereocenters. The number of carboxylic acids is 1. The van der Waals surface area contributed by atoms with Crippen LogP contribution in [0.3, 0.4) is 0 Å². The Labute approximate surface area is 105 Å². The fraction of sp³-hybridized carbons (Fsp3) is 0.385. The Morgan fingerprint density at radius 3 is 2.39 bits per heavy atom. The van der Waals surface area contributed by atoms with Crippen LogP contribution in [0.2, 0.25) is 0 Å². The molecule has 1 aromatic rings. The van der Waals surface area contributed by atoms with Crippen LogP contribution in [0.15, 0.2) is 30.3 Å². The minimum Gasteiger partial charge on any atom is -0.480 e. The van der Waals surface area contributed by atoms with Gasteiger partial charge in [0.2, 0.25) is 5.91 Å². The van der Waals surface area contributed by atoms with Crippen molar-refractivity contribution in [3.63, 3.8) is 0 Å². The molecular formula is C13H17NO4. The number of nitrogens with one attached hydrogen (secondary N) is 1. The van der Waals surface area contributed by atoms with Crippen molar-refractivity contribution in [2.24, 2.45) is 0 Å². The Bertz CT molecular complexity index is 403. The van der Waals surface area contributed by atoms with Crippen LogP contribution < -0.4 is 5.32 Å². The molecule has 0 bridgehead atoms. The van der Waals surface area contributed by atoms with Gasteiger partial charge in [0.1, 0.15) is 12.1 Å². The van der Waals surface area contributed by atoms with Crippen molar-refractivity contribution in [3.8, 4) is 0 Å². The van der Waals surface area contributed by atoms with Gasteiger partial charge in [-0.1, -0.05) is 30.3 Å². The Morgan fingerprint density at radius 1 is 1.28 bits per heavy atom. The zero-order valence-electron chi connectivity index (χ0n) is 10.2. The van der Waals surface area contributed by atoms with Gasteiger partial charge in [-0.2, -0.15) is 0 Å². The molecule has 0 fully saturated rings. The monoisotopic (exact) mass is 251 g/mol. The second kappa shape index (κ2) is 6.76. The summed E-state index contributed by atoms with van der Waals surface area (Å²) in [7, 11) is 0. The van der Waals surface area contributed by atoms with Crippen LogP contribution in [0.4, 0.5) is 0 Å². The van der Waals surface area contributed by atoms with Crippen molar-refractivity contribution in [3.05, 3.63) is 35.9 Å². The zero-order valence-corrected chi connectivity index (χ0v) is 10.2. The summed E-state index contributed by atoms with van der Waals surface area (Å²) in [5, 5.41) is 20.3. The summed E-state index contributed by atoms with van der Waals surface area (Å²) in [4.78, 5) is 22.2. The van der Waals surface area contributed by atoms with Crippen molar-refractivity contribution in [2.45, 2.75) is 31.9 Å². The molecule has 0 saturated carbocycles. The lowest BCUT2D eigenvalue weighted by Crippen LogP contribution is -2.44.